The number of nitrogens with zero attached hydrogens (tertiary/aromatic N) is 1. The molecule has 1 fully saturated rings. The van der Waals surface area contributed by atoms with E-state index in [4.69, 9.17) is 23.2 Å². The summed E-state index contributed by atoms with van der Waals surface area (Å²) in [6.45, 7) is 1.86. The fourth-order valence-electron chi connectivity index (χ4n) is 2.19. The van der Waals surface area contributed by atoms with Crippen molar-refractivity contribution in [2.75, 3.05) is 20.1 Å². The molecule has 1 atom stereocenters. The van der Waals surface area contributed by atoms with Crippen LogP contribution in [0.4, 0.5) is 0 Å². The summed E-state index contributed by atoms with van der Waals surface area (Å²) in [4.78, 5) is 14.1. The Hall–Kier alpha value is -0.770. The molecule has 1 heterocycles. The maximum atomic E-state index is 12.4. The van der Waals surface area contributed by atoms with E-state index < -0.39 is 0 Å². The number of hydrogen-bond donors (Lipinski definition) is 1. The minimum absolute atomic E-state index is 0.0730. The summed E-state index contributed by atoms with van der Waals surface area (Å²) < 4.78 is 0. The molecule has 0 bridgehead atoms. The first-order valence-electron chi connectivity index (χ1n) is 6.03. The van der Waals surface area contributed by atoms with Gasteiger partial charge in [-0.3, -0.25) is 4.79 Å². The molecule has 5 heteroatoms. The summed E-state index contributed by atoms with van der Waals surface area (Å²) >= 11 is 12.0. The molecule has 98 valence electrons. The number of carbonyl (C=O) groups is 1. The highest BCUT2D eigenvalue weighted by Gasteiger charge is 2.24. The highest BCUT2D eigenvalue weighted by molar-refractivity contribution is 6.43. The topological polar surface area (TPSA) is 32.3 Å². The Morgan fingerprint density at radius 1 is 1.44 bits per heavy atom. The summed E-state index contributed by atoms with van der Waals surface area (Å²) in [6, 6.07) is 5.36. The molecule has 0 radical (unpaired) electrons. The Labute approximate surface area is 117 Å². The molecule has 18 heavy (non-hydrogen) atoms. The van der Waals surface area contributed by atoms with Gasteiger partial charge in [0, 0.05) is 19.6 Å². The van der Waals surface area contributed by atoms with Gasteiger partial charge < -0.3 is 10.2 Å². The van der Waals surface area contributed by atoms with E-state index in [2.05, 4.69) is 5.32 Å². The number of likely N-dealkylation sites (N-methyl/N-ethyl adjacent to an activating group) is 1. The van der Waals surface area contributed by atoms with Gasteiger partial charge in [-0.15, -0.1) is 0 Å². The number of benzene rings is 1. The molecule has 0 aliphatic carbocycles. The van der Waals surface area contributed by atoms with Crippen LogP contribution >= 0.6 is 23.2 Å². The van der Waals surface area contributed by atoms with Crippen molar-refractivity contribution in [2.24, 2.45) is 0 Å². The lowest BCUT2D eigenvalue weighted by molar-refractivity contribution is 0.0708. The highest BCUT2D eigenvalue weighted by atomic mass is 35.5. The Morgan fingerprint density at radius 2 is 2.22 bits per heavy atom. The summed E-state index contributed by atoms with van der Waals surface area (Å²) in [5, 5.41) is 4.04. The number of halogens is 2. The minimum atomic E-state index is -0.0730. The second kappa shape index (κ2) is 5.91. The summed E-state index contributed by atoms with van der Waals surface area (Å²) in [7, 11) is 1.82. The molecule has 1 N–H and O–H groups in total. The third kappa shape index (κ3) is 2.79. The molecule has 0 saturated carbocycles. The minimum Gasteiger partial charge on any atom is -0.337 e. The fourth-order valence-corrected chi connectivity index (χ4v) is 2.57. The Morgan fingerprint density at radius 3 is 2.89 bits per heavy atom. The smallest absolute Gasteiger partial charge is 0.255 e. The number of rotatable bonds is 2. The second-order valence-electron chi connectivity index (χ2n) is 4.52. The van der Waals surface area contributed by atoms with Gasteiger partial charge in [0.2, 0.25) is 0 Å². The molecule has 0 unspecified atom stereocenters. The normalized spacial score (nSPS) is 19.6. The molecular weight excluding hydrogens is 271 g/mol. The van der Waals surface area contributed by atoms with E-state index in [0.717, 1.165) is 25.9 Å². The standard InChI is InChI=1S/C13H16Cl2N2O/c1-17(9-4-3-7-16-8-9)13(18)10-5-2-6-11(14)12(10)15/h2,5-6,9,16H,3-4,7-8H2,1H3/t9-/m0/s1. The number of carbonyl (C=O) groups excluding carboxylic acids is 1. The quantitative estimate of drug-likeness (QED) is 0.907. The average Bonchev–Trinajstić information content (AvgIpc) is 2.41. The van der Waals surface area contributed by atoms with Gasteiger partial charge in [-0.2, -0.15) is 0 Å². The van der Waals surface area contributed by atoms with Crippen molar-refractivity contribution in [3.8, 4) is 0 Å². The van der Waals surface area contributed by atoms with E-state index in [1.54, 1.807) is 23.1 Å². The SMILES string of the molecule is CN(C(=O)c1cccc(Cl)c1Cl)[C@H]1CCCNC1. The van der Waals surface area contributed by atoms with Crippen LogP contribution in [0.15, 0.2) is 18.2 Å². The van der Waals surface area contributed by atoms with Crippen LogP contribution in [-0.2, 0) is 0 Å². The molecule has 0 aromatic heterocycles. The fraction of sp³-hybridized carbons (Fsp3) is 0.462. The van der Waals surface area contributed by atoms with Gasteiger partial charge in [-0.1, -0.05) is 29.3 Å². The van der Waals surface area contributed by atoms with E-state index in [1.807, 2.05) is 7.05 Å². The molecule has 1 aliphatic rings. The molecule has 0 spiro atoms. The lowest BCUT2D eigenvalue weighted by Gasteiger charge is -2.32. The van der Waals surface area contributed by atoms with Crippen LogP contribution in [0.2, 0.25) is 10.0 Å². The maximum absolute atomic E-state index is 12.4. The lowest BCUT2D eigenvalue weighted by atomic mass is 10.1. The Balaban J connectivity index is 2.17. The number of piperidine rings is 1. The van der Waals surface area contributed by atoms with E-state index in [0.29, 0.717) is 15.6 Å². The van der Waals surface area contributed by atoms with Crippen molar-refractivity contribution in [3.63, 3.8) is 0 Å². The maximum Gasteiger partial charge on any atom is 0.255 e. The van der Waals surface area contributed by atoms with Crippen molar-refractivity contribution in [3.05, 3.63) is 33.8 Å². The van der Waals surface area contributed by atoms with Crippen molar-refractivity contribution in [1.29, 1.82) is 0 Å². The summed E-state index contributed by atoms with van der Waals surface area (Å²) in [5.74, 6) is -0.0730. The lowest BCUT2D eigenvalue weighted by Crippen LogP contribution is -2.46. The first kappa shape index (κ1) is 13.7. The van der Waals surface area contributed by atoms with Gasteiger partial charge in [0.25, 0.3) is 5.91 Å². The van der Waals surface area contributed by atoms with Crippen LogP contribution in [0, 0.1) is 0 Å². The van der Waals surface area contributed by atoms with Crippen LogP contribution in [0.5, 0.6) is 0 Å². The van der Waals surface area contributed by atoms with Crippen LogP contribution < -0.4 is 5.32 Å². The van der Waals surface area contributed by atoms with Gasteiger partial charge in [0.15, 0.2) is 0 Å². The number of nitrogens with one attached hydrogen (secondary N) is 1. The molecule has 1 amide bonds. The number of amides is 1. The van der Waals surface area contributed by atoms with Gasteiger partial charge in [-0.25, -0.2) is 0 Å². The number of hydrogen-bond acceptors (Lipinski definition) is 2. The zero-order valence-corrected chi connectivity index (χ0v) is 11.8. The summed E-state index contributed by atoms with van der Waals surface area (Å²) in [5.41, 5.74) is 0.470. The van der Waals surface area contributed by atoms with Crippen LogP contribution in [0.25, 0.3) is 0 Å². The summed E-state index contributed by atoms with van der Waals surface area (Å²) in [6.07, 6.45) is 2.11. The van der Waals surface area contributed by atoms with Crippen LogP contribution in [0.1, 0.15) is 23.2 Å². The van der Waals surface area contributed by atoms with Gasteiger partial charge in [0.05, 0.1) is 15.6 Å². The van der Waals surface area contributed by atoms with Crippen molar-refractivity contribution >= 4 is 29.1 Å². The molecule has 1 aromatic carbocycles. The van der Waals surface area contributed by atoms with Gasteiger partial charge in [-0.05, 0) is 31.5 Å². The van der Waals surface area contributed by atoms with Gasteiger partial charge in [0.1, 0.15) is 0 Å². The van der Waals surface area contributed by atoms with Crippen molar-refractivity contribution in [1.82, 2.24) is 10.2 Å². The first-order valence-corrected chi connectivity index (χ1v) is 6.78. The van der Waals surface area contributed by atoms with Crippen LogP contribution in [0.3, 0.4) is 0 Å². The third-order valence-electron chi connectivity index (χ3n) is 3.32. The van der Waals surface area contributed by atoms with E-state index in [9.17, 15) is 4.79 Å². The van der Waals surface area contributed by atoms with Gasteiger partial charge >= 0.3 is 0 Å². The largest absolute Gasteiger partial charge is 0.337 e. The second-order valence-corrected chi connectivity index (χ2v) is 5.30. The predicted molar refractivity (Wildman–Crippen MR) is 74.4 cm³/mol. The molecule has 2 rings (SSSR count). The van der Waals surface area contributed by atoms with E-state index >= 15 is 0 Å². The zero-order valence-electron chi connectivity index (χ0n) is 10.2. The molecule has 1 aliphatic heterocycles. The van der Waals surface area contributed by atoms with Crippen molar-refractivity contribution < 1.29 is 4.79 Å². The molecule has 1 aromatic rings. The third-order valence-corrected chi connectivity index (χ3v) is 4.14. The highest BCUT2D eigenvalue weighted by Crippen LogP contribution is 2.27. The Bertz CT molecular complexity index is 445. The monoisotopic (exact) mass is 286 g/mol. The van der Waals surface area contributed by atoms with E-state index in [1.165, 1.54) is 0 Å². The zero-order chi connectivity index (χ0) is 13.1. The first-order chi connectivity index (χ1) is 8.61. The van der Waals surface area contributed by atoms with Crippen molar-refractivity contribution in [2.45, 2.75) is 18.9 Å². The van der Waals surface area contributed by atoms with Crippen LogP contribution in [-0.4, -0.2) is 37.0 Å². The molecule has 1 saturated heterocycles. The molecule has 3 nitrogen and oxygen atoms in total. The molecular formula is C13H16Cl2N2O. The Kier molecular flexibility index (Phi) is 4.49. The predicted octanol–water partition coefficient (Wildman–Crippen LogP) is 2.82. The van der Waals surface area contributed by atoms with E-state index in [-0.39, 0.29) is 11.9 Å². The average molecular weight is 287 g/mol.